The van der Waals surface area contributed by atoms with Gasteiger partial charge in [-0.15, -0.1) is 0 Å². The molecule has 0 aromatic heterocycles. The smallest absolute Gasteiger partial charge is 0.416 e. The van der Waals surface area contributed by atoms with E-state index in [0.717, 1.165) is 12.1 Å². The maximum absolute atomic E-state index is 13.9. The monoisotopic (exact) mass is 499 g/mol. The first-order valence-electron chi connectivity index (χ1n) is 11.7. The number of benzene rings is 3. The zero-order valence-electron chi connectivity index (χ0n) is 20.0. The summed E-state index contributed by atoms with van der Waals surface area (Å²) in [6.07, 6.45) is -4.93. The average molecular weight is 500 g/mol. The van der Waals surface area contributed by atoms with E-state index in [0.29, 0.717) is 41.0 Å². The lowest BCUT2D eigenvalue weighted by Gasteiger charge is -2.50. The van der Waals surface area contributed by atoms with Gasteiger partial charge in [0.15, 0.2) is 0 Å². The molecule has 0 saturated carbocycles. The van der Waals surface area contributed by atoms with Crippen LogP contribution in [0.4, 0.5) is 23.2 Å². The number of carbonyl (C=O) groups is 1. The highest BCUT2D eigenvalue weighted by Crippen LogP contribution is 2.58. The topological polar surface area (TPSA) is 47.6 Å². The summed E-state index contributed by atoms with van der Waals surface area (Å²) in [5.41, 5.74) is -1.76. The number of hydrogen-bond acceptors (Lipinski definition) is 3. The zero-order chi connectivity index (χ0) is 25.9. The molecule has 3 aromatic carbocycles. The van der Waals surface area contributed by atoms with Gasteiger partial charge < -0.3 is 14.8 Å². The number of ether oxygens (including phenoxy) is 2. The molecule has 2 heterocycles. The number of alkyl halides is 3. The summed E-state index contributed by atoms with van der Waals surface area (Å²) < 4.78 is 67.6. The van der Waals surface area contributed by atoms with E-state index in [4.69, 9.17) is 9.47 Å². The number of rotatable bonds is 4. The van der Waals surface area contributed by atoms with Crippen molar-refractivity contribution in [2.75, 3.05) is 11.9 Å². The number of amides is 1. The maximum Gasteiger partial charge on any atom is 0.416 e. The summed E-state index contributed by atoms with van der Waals surface area (Å²) in [6.45, 7) is 5.81. The lowest BCUT2D eigenvalue weighted by molar-refractivity contribution is -0.138. The van der Waals surface area contributed by atoms with Crippen LogP contribution < -0.4 is 14.8 Å². The maximum atomic E-state index is 13.9. The molecule has 0 aliphatic carbocycles. The number of nitrogens with one attached hydrogen (secondary N) is 1. The standard InChI is InChI=1S/C28H25F4NO3/c1-4-35-18-11-12-20-23(15-18)36-26(2,3)24(13-16-9-10-17(29)14-21(16)28(30,31)32)27(20)19-7-5-6-8-22(19)33-25(27)34/h5-12,14-15,24H,4,13H2,1-3H3,(H,33,34). The molecule has 0 fully saturated rings. The fourth-order valence-corrected chi connectivity index (χ4v) is 5.73. The highest BCUT2D eigenvalue weighted by molar-refractivity contribution is 6.09. The quantitative estimate of drug-likeness (QED) is 0.416. The van der Waals surface area contributed by atoms with Gasteiger partial charge in [-0.2, -0.15) is 13.2 Å². The lowest BCUT2D eigenvalue weighted by atomic mass is 9.58. The Hall–Kier alpha value is -3.55. The van der Waals surface area contributed by atoms with Crippen LogP contribution in [0.2, 0.25) is 0 Å². The van der Waals surface area contributed by atoms with Crippen molar-refractivity contribution in [1.82, 2.24) is 0 Å². The van der Waals surface area contributed by atoms with Gasteiger partial charge in [-0.25, -0.2) is 4.39 Å². The van der Waals surface area contributed by atoms with Crippen LogP contribution in [0, 0.1) is 11.7 Å². The van der Waals surface area contributed by atoms with Crippen molar-refractivity contribution in [1.29, 1.82) is 0 Å². The van der Waals surface area contributed by atoms with E-state index in [1.54, 1.807) is 50.2 Å². The number of halogens is 4. The number of para-hydroxylation sites is 1. The van der Waals surface area contributed by atoms with E-state index in [1.807, 2.05) is 13.0 Å². The molecule has 1 amide bonds. The number of hydrogen-bond donors (Lipinski definition) is 1. The molecule has 2 aliphatic rings. The van der Waals surface area contributed by atoms with Gasteiger partial charge in [-0.05, 0) is 62.6 Å². The van der Waals surface area contributed by atoms with Crippen molar-refractivity contribution >= 4 is 11.6 Å². The fraction of sp³-hybridized carbons (Fsp3) is 0.321. The second-order valence-electron chi connectivity index (χ2n) is 9.66. The van der Waals surface area contributed by atoms with Crippen LogP contribution in [-0.2, 0) is 22.8 Å². The van der Waals surface area contributed by atoms with Gasteiger partial charge in [-0.1, -0.05) is 30.3 Å². The highest BCUT2D eigenvalue weighted by Gasteiger charge is 2.62. The first kappa shape index (κ1) is 24.2. The molecular formula is C28H25F4NO3. The third-order valence-corrected chi connectivity index (χ3v) is 7.18. The first-order valence-corrected chi connectivity index (χ1v) is 11.7. The molecule has 8 heteroatoms. The normalized spacial score (nSPS) is 22.0. The minimum absolute atomic E-state index is 0.100. The van der Waals surface area contributed by atoms with Crippen LogP contribution in [0.5, 0.6) is 11.5 Å². The average Bonchev–Trinajstić information content (AvgIpc) is 3.09. The molecule has 0 saturated heterocycles. The molecule has 3 aromatic rings. The van der Waals surface area contributed by atoms with Crippen LogP contribution >= 0.6 is 0 Å². The Morgan fingerprint density at radius 2 is 1.78 bits per heavy atom. The molecule has 5 rings (SSSR count). The Morgan fingerprint density at radius 1 is 1.03 bits per heavy atom. The molecule has 2 unspecified atom stereocenters. The largest absolute Gasteiger partial charge is 0.494 e. The lowest BCUT2D eigenvalue weighted by Crippen LogP contribution is -2.58. The van der Waals surface area contributed by atoms with E-state index >= 15 is 0 Å². The Balaban J connectivity index is 1.77. The Morgan fingerprint density at radius 3 is 2.50 bits per heavy atom. The predicted octanol–water partition coefficient (Wildman–Crippen LogP) is 6.51. The Labute approximate surface area is 206 Å². The van der Waals surface area contributed by atoms with E-state index in [1.165, 1.54) is 0 Å². The molecule has 2 aliphatic heterocycles. The summed E-state index contributed by atoms with van der Waals surface area (Å²) in [6, 6.07) is 15.0. The van der Waals surface area contributed by atoms with E-state index in [2.05, 4.69) is 5.32 Å². The summed E-state index contributed by atoms with van der Waals surface area (Å²) in [5.74, 6) is -1.08. The first-order chi connectivity index (χ1) is 17.0. The molecule has 2 atom stereocenters. The molecule has 1 spiro atoms. The van der Waals surface area contributed by atoms with Crippen molar-refractivity contribution in [2.24, 2.45) is 5.92 Å². The van der Waals surface area contributed by atoms with Crippen molar-refractivity contribution in [2.45, 2.75) is 44.4 Å². The summed E-state index contributed by atoms with van der Waals surface area (Å²) >= 11 is 0. The fourth-order valence-electron chi connectivity index (χ4n) is 5.73. The van der Waals surface area contributed by atoms with Gasteiger partial charge in [0, 0.05) is 23.2 Å². The SMILES string of the molecule is CCOc1ccc2c(c1)OC(C)(C)C(Cc1ccc(F)cc1C(F)(F)F)C21C(=O)Nc2ccccc21. The Bertz CT molecular complexity index is 1350. The van der Waals surface area contributed by atoms with Crippen LogP contribution in [0.15, 0.2) is 60.7 Å². The van der Waals surface area contributed by atoms with Crippen LogP contribution in [0.3, 0.4) is 0 Å². The number of carbonyl (C=O) groups excluding carboxylic acids is 1. The second kappa shape index (κ2) is 8.25. The highest BCUT2D eigenvalue weighted by atomic mass is 19.4. The van der Waals surface area contributed by atoms with E-state index in [9.17, 15) is 22.4 Å². The third kappa shape index (κ3) is 3.62. The van der Waals surface area contributed by atoms with Crippen LogP contribution in [-0.4, -0.2) is 18.1 Å². The minimum Gasteiger partial charge on any atom is -0.494 e. The van der Waals surface area contributed by atoms with Crippen molar-refractivity contribution in [3.05, 3.63) is 88.7 Å². The molecule has 1 N–H and O–H groups in total. The third-order valence-electron chi connectivity index (χ3n) is 7.18. The minimum atomic E-state index is -4.76. The predicted molar refractivity (Wildman–Crippen MR) is 127 cm³/mol. The van der Waals surface area contributed by atoms with Gasteiger partial charge in [0.1, 0.15) is 28.3 Å². The number of anilines is 1. The molecule has 0 radical (unpaired) electrons. The van der Waals surface area contributed by atoms with E-state index < -0.39 is 34.5 Å². The van der Waals surface area contributed by atoms with Gasteiger partial charge in [0.05, 0.1) is 12.2 Å². The number of fused-ring (bicyclic) bond motifs is 4. The van der Waals surface area contributed by atoms with E-state index in [-0.39, 0.29) is 17.9 Å². The molecule has 4 nitrogen and oxygen atoms in total. The second-order valence-corrected chi connectivity index (χ2v) is 9.66. The van der Waals surface area contributed by atoms with Gasteiger partial charge >= 0.3 is 6.18 Å². The Kier molecular flexibility index (Phi) is 5.54. The van der Waals surface area contributed by atoms with Crippen molar-refractivity contribution in [3.63, 3.8) is 0 Å². The van der Waals surface area contributed by atoms with Crippen LogP contribution in [0.1, 0.15) is 43.0 Å². The molecular weight excluding hydrogens is 474 g/mol. The van der Waals surface area contributed by atoms with Crippen molar-refractivity contribution in [3.8, 4) is 11.5 Å². The van der Waals surface area contributed by atoms with Gasteiger partial charge in [-0.3, -0.25) is 4.79 Å². The molecule has 0 bridgehead atoms. The van der Waals surface area contributed by atoms with Crippen molar-refractivity contribution < 1.29 is 31.8 Å². The molecule has 188 valence electrons. The molecule has 36 heavy (non-hydrogen) atoms. The summed E-state index contributed by atoms with van der Waals surface area (Å²) in [5, 5.41) is 2.94. The van der Waals surface area contributed by atoms with Crippen LogP contribution in [0.25, 0.3) is 0 Å². The van der Waals surface area contributed by atoms with Gasteiger partial charge in [0.2, 0.25) is 5.91 Å². The van der Waals surface area contributed by atoms with Gasteiger partial charge in [0.25, 0.3) is 0 Å². The summed E-state index contributed by atoms with van der Waals surface area (Å²) in [4.78, 5) is 13.9. The zero-order valence-corrected chi connectivity index (χ0v) is 20.0. The summed E-state index contributed by atoms with van der Waals surface area (Å²) in [7, 11) is 0.